The van der Waals surface area contributed by atoms with Gasteiger partial charge < -0.3 is 14.4 Å². The molecule has 2 saturated heterocycles. The lowest BCUT2D eigenvalue weighted by Gasteiger charge is -2.35. The summed E-state index contributed by atoms with van der Waals surface area (Å²) in [5.74, 6) is -0.0823. The van der Waals surface area contributed by atoms with Gasteiger partial charge in [-0.2, -0.15) is 4.31 Å². The second-order valence-corrected chi connectivity index (χ2v) is 9.05. The van der Waals surface area contributed by atoms with Gasteiger partial charge in [-0.25, -0.2) is 8.42 Å². The molecule has 1 aromatic rings. The van der Waals surface area contributed by atoms with Crippen LogP contribution in [-0.4, -0.2) is 69.7 Å². The van der Waals surface area contributed by atoms with Crippen LogP contribution < -0.4 is 0 Å². The standard InChI is InChI=1S/C17H23ClN2O5S/c1-19(26(22,23)15-6-4-14(18)5-7-15)12-16(21)20-8-2-3-13(11-20)17-24-9-10-25-17/h4-7,13,17H,2-3,8-12H2,1H3. The molecule has 1 atom stereocenters. The summed E-state index contributed by atoms with van der Waals surface area (Å²) in [6.07, 6.45) is 1.53. The van der Waals surface area contributed by atoms with Gasteiger partial charge >= 0.3 is 0 Å². The third-order valence-corrected chi connectivity index (χ3v) is 6.79. The lowest BCUT2D eigenvalue weighted by Crippen LogP contribution is -2.47. The highest BCUT2D eigenvalue weighted by molar-refractivity contribution is 7.89. The van der Waals surface area contributed by atoms with Crippen LogP contribution >= 0.6 is 11.6 Å². The Morgan fingerprint density at radius 2 is 1.92 bits per heavy atom. The number of benzene rings is 1. The maximum Gasteiger partial charge on any atom is 0.243 e. The fourth-order valence-corrected chi connectivity index (χ4v) is 4.52. The van der Waals surface area contributed by atoms with Gasteiger partial charge in [0.25, 0.3) is 0 Å². The first-order valence-electron chi connectivity index (χ1n) is 8.61. The van der Waals surface area contributed by atoms with E-state index in [1.165, 1.54) is 31.3 Å². The van der Waals surface area contributed by atoms with Crippen molar-refractivity contribution >= 4 is 27.5 Å². The Balaban J connectivity index is 1.62. The second kappa shape index (κ2) is 8.22. The van der Waals surface area contributed by atoms with Gasteiger partial charge in [-0.15, -0.1) is 0 Å². The molecule has 0 aromatic heterocycles. The van der Waals surface area contributed by atoms with E-state index in [2.05, 4.69) is 0 Å². The van der Waals surface area contributed by atoms with Gasteiger partial charge in [-0.1, -0.05) is 11.6 Å². The van der Waals surface area contributed by atoms with Crippen LogP contribution in [0.1, 0.15) is 12.8 Å². The maximum absolute atomic E-state index is 12.6. The first-order valence-corrected chi connectivity index (χ1v) is 10.4. The summed E-state index contributed by atoms with van der Waals surface area (Å²) in [6.45, 7) is 2.10. The lowest BCUT2D eigenvalue weighted by atomic mass is 9.97. The van der Waals surface area contributed by atoms with Crippen molar-refractivity contribution in [3.63, 3.8) is 0 Å². The number of carbonyl (C=O) groups excluding carboxylic acids is 1. The Bertz CT molecular complexity index is 734. The molecular weight excluding hydrogens is 380 g/mol. The van der Waals surface area contributed by atoms with Crippen molar-refractivity contribution in [1.82, 2.24) is 9.21 Å². The van der Waals surface area contributed by atoms with Crippen molar-refractivity contribution in [2.45, 2.75) is 24.0 Å². The largest absolute Gasteiger partial charge is 0.350 e. The SMILES string of the molecule is CN(CC(=O)N1CCCC(C2OCCO2)C1)S(=O)(=O)c1ccc(Cl)cc1. The topological polar surface area (TPSA) is 76.2 Å². The summed E-state index contributed by atoms with van der Waals surface area (Å²) in [6, 6.07) is 5.90. The third kappa shape index (κ3) is 4.37. The van der Waals surface area contributed by atoms with E-state index < -0.39 is 10.0 Å². The van der Waals surface area contributed by atoms with Gasteiger partial charge in [-0.3, -0.25) is 4.79 Å². The second-order valence-electron chi connectivity index (χ2n) is 6.57. The van der Waals surface area contributed by atoms with Crippen molar-refractivity contribution < 1.29 is 22.7 Å². The van der Waals surface area contributed by atoms with Crippen LogP contribution in [0.15, 0.2) is 29.2 Å². The molecule has 7 nitrogen and oxygen atoms in total. The number of amides is 1. The number of piperidine rings is 1. The molecule has 3 rings (SSSR count). The number of nitrogens with zero attached hydrogens (tertiary/aromatic N) is 2. The van der Waals surface area contributed by atoms with Crippen LogP contribution in [0.25, 0.3) is 0 Å². The Morgan fingerprint density at radius 1 is 1.27 bits per heavy atom. The fraction of sp³-hybridized carbons (Fsp3) is 0.588. The molecule has 0 bridgehead atoms. The number of hydrogen-bond donors (Lipinski definition) is 0. The number of rotatable bonds is 5. The predicted molar refractivity (Wildman–Crippen MR) is 96.3 cm³/mol. The summed E-state index contributed by atoms with van der Waals surface area (Å²) in [7, 11) is -2.33. The highest BCUT2D eigenvalue weighted by atomic mass is 35.5. The fourth-order valence-electron chi connectivity index (χ4n) is 3.27. The van der Waals surface area contributed by atoms with Crippen LogP contribution in [0.4, 0.5) is 0 Å². The first kappa shape index (κ1) is 19.6. The Hall–Kier alpha value is -1.19. The molecule has 1 unspecified atom stereocenters. The zero-order valence-corrected chi connectivity index (χ0v) is 16.2. The third-order valence-electron chi connectivity index (χ3n) is 4.72. The summed E-state index contributed by atoms with van der Waals surface area (Å²) in [4.78, 5) is 14.4. The molecule has 9 heteroatoms. The molecule has 2 fully saturated rings. The summed E-state index contributed by atoms with van der Waals surface area (Å²) < 4.78 is 37.4. The predicted octanol–water partition coefficient (Wildman–Crippen LogP) is 1.57. The Labute approximate surface area is 158 Å². The van der Waals surface area contributed by atoms with E-state index in [0.29, 0.717) is 31.3 Å². The number of halogens is 1. The van der Waals surface area contributed by atoms with Crippen molar-refractivity contribution in [3.05, 3.63) is 29.3 Å². The van der Waals surface area contributed by atoms with Gasteiger partial charge in [0.15, 0.2) is 6.29 Å². The monoisotopic (exact) mass is 402 g/mol. The molecule has 144 valence electrons. The van der Waals surface area contributed by atoms with Gasteiger partial charge in [-0.05, 0) is 37.1 Å². The zero-order valence-electron chi connectivity index (χ0n) is 14.6. The van der Waals surface area contributed by atoms with E-state index in [0.717, 1.165) is 17.1 Å². The number of ether oxygens (including phenoxy) is 2. The highest BCUT2D eigenvalue weighted by Gasteiger charge is 2.34. The quantitative estimate of drug-likeness (QED) is 0.747. The Kier molecular flexibility index (Phi) is 6.19. The smallest absolute Gasteiger partial charge is 0.243 e. The van der Waals surface area contributed by atoms with E-state index in [-0.39, 0.29) is 29.6 Å². The van der Waals surface area contributed by atoms with Crippen LogP contribution in [0.3, 0.4) is 0 Å². The minimum Gasteiger partial charge on any atom is -0.350 e. The lowest BCUT2D eigenvalue weighted by molar-refractivity contribution is -0.139. The van der Waals surface area contributed by atoms with Crippen molar-refractivity contribution in [1.29, 1.82) is 0 Å². The molecule has 2 aliphatic rings. The number of likely N-dealkylation sites (tertiary alicyclic amines) is 1. The van der Waals surface area contributed by atoms with Crippen LogP contribution in [0, 0.1) is 5.92 Å². The van der Waals surface area contributed by atoms with Gasteiger partial charge in [0.05, 0.1) is 24.7 Å². The van der Waals surface area contributed by atoms with Gasteiger partial charge in [0, 0.05) is 31.1 Å². The molecule has 1 aromatic carbocycles. The van der Waals surface area contributed by atoms with E-state index in [4.69, 9.17) is 21.1 Å². The van der Waals surface area contributed by atoms with Crippen molar-refractivity contribution in [3.8, 4) is 0 Å². The molecule has 0 saturated carbocycles. The number of carbonyl (C=O) groups is 1. The Morgan fingerprint density at radius 3 is 2.58 bits per heavy atom. The molecule has 0 spiro atoms. The number of likely N-dealkylation sites (N-methyl/N-ethyl adjacent to an activating group) is 1. The molecule has 2 heterocycles. The molecule has 1 amide bonds. The highest BCUT2D eigenvalue weighted by Crippen LogP contribution is 2.25. The summed E-state index contributed by atoms with van der Waals surface area (Å²) in [5.41, 5.74) is 0. The van der Waals surface area contributed by atoms with Crippen LogP contribution in [0.2, 0.25) is 5.02 Å². The normalized spacial score (nSPS) is 22.1. The maximum atomic E-state index is 12.6. The van der Waals surface area contributed by atoms with Crippen molar-refractivity contribution in [2.24, 2.45) is 5.92 Å². The molecular formula is C17H23ClN2O5S. The van der Waals surface area contributed by atoms with Gasteiger partial charge in [0.1, 0.15) is 0 Å². The van der Waals surface area contributed by atoms with Crippen LogP contribution in [-0.2, 0) is 24.3 Å². The van der Waals surface area contributed by atoms with E-state index >= 15 is 0 Å². The summed E-state index contributed by atoms with van der Waals surface area (Å²) in [5, 5.41) is 0.457. The molecule has 26 heavy (non-hydrogen) atoms. The van der Waals surface area contributed by atoms with Crippen molar-refractivity contribution in [2.75, 3.05) is 39.9 Å². The number of hydrogen-bond acceptors (Lipinski definition) is 5. The van der Waals surface area contributed by atoms with E-state index in [1.54, 1.807) is 4.90 Å². The molecule has 0 aliphatic carbocycles. The van der Waals surface area contributed by atoms with Crippen LogP contribution in [0.5, 0.6) is 0 Å². The average Bonchev–Trinajstić information content (AvgIpc) is 3.17. The van der Waals surface area contributed by atoms with E-state index in [9.17, 15) is 13.2 Å². The molecule has 2 aliphatic heterocycles. The first-order chi connectivity index (χ1) is 12.4. The average molecular weight is 403 g/mol. The van der Waals surface area contributed by atoms with Gasteiger partial charge in [0.2, 0.25) is 15.9 Å². The minimum absolute atomic E-state index is 0.112. The zero-order chi connectivity index (χ0) is 18.7. The number of sulfonamides is 1. The molecule has 0 N–H and O–H groups in total. The van der Waals surface area contributed by atoms with E-state index in [1.807, 2.05) is 0 Å². The molecule has 0 radical (unpaired) electrons. The summed E-state index contributed by atoms with van der Waals surface area (Å²) >= 11 is 5.81. The minimum atomic E-state index is -3.74.